The van der Waals surface area contributed by atoms with Gasteiger partial charge in [-0.15, -0.1) is 0 Å². The largest absolute Gasteiger partial charge is 0.397 e. The zero-order chi connectivity index (χ0) is 13.7. The van der Waals surface area contributed by atoms with E-state index in [1.165, 1.54) is 0 Å². The first-order chi connectivity index (χ1) is 8.45. The highest BCUT2D eigenvalue weighted by molar-refractivity contribution is 6.31. The van der Waals surface area contributed by atoms with E-state index in [4.69, 9.17) is 22.4 Å². The summed E-state index contributed by atoms with van der Waals surface area (Å²) in [4.78, 5) is 13.7. The Morgan fingerprint density at radius 1 is 1.61 bits per heavy atom. The number of nitrogen functional groups attached to an aromatic ring is 1. The lowest BCUT2D eigenvalue weighted by molar-refractivity contribution is -0.120. The Balaban J connectivity index is 2.72. The van der Waals surface area contributed by atoms with Gasteiger partial charge in [0.15, 0.2) is 0 Å². The van der Waals surface area contributed by atoms with Gasteiger partial charge < -0.3 is 16.2 Å². The molecule has 0 fully saturated rings. The van der Waals surface area contributed by atoms with Gasteiger partial charge in [-0.2, -0.15) is 0 Å². The van der Waals surface area contributed by atoms with Crippen molar-refractivity contribution in [2.45, 2.75) is 13.0 Å². The molecule has 0 aliphatic rings. The normalized spacial score (nSPS) is 12.5. The quantitative estimate of drug-likeness (QED) is 0.703. The molecule has 1 unspecified atom stereocenters. The van der Waals surface area contributed by atoms with Crippen molar-refractivity contribution in [2.75, 3.05) is 31.2 Å². The average molecular weight is 272 g/mol. The number of aliphatic hydroxyl groups is 1. The van der Waals surface area contributed by atoms with Crippen molar-refractivity contribution >= 4 is 28.9 Å². The molecule has 0 saturated heterocycles. The molecule has 100 valence electrons. The Hall–Kier alpha value is -1.30. The highest BCUT2D eigenvalue weighted by Gasteiger charge is 2.18. The summed E-state index contributed by atoms with van der Waals surface area (Å²) in [5.74, 6) is -0.195. The summed E-state index contributed by atoms with van der Waals surface area (Å²) in [5.41, 5.74) is 6.71. The molecule has 0 aromatic heterocycles. The molecule has 0 aliphatic carbocycles. The SMILES string of the molecule is CC(C(=O)Nc1cc(Cl)ccc1N)N(C)CCO. The van der Waals surface area contributed by atoms with E-state index in [0.29, 0.717) is 22.9 Å². The minimum absolute atomic E-state index is 0.00737. The lowest BCUT2D eigenvalue weighted by atomic mass is 10.2. The van der Waals surface area contributed by atoms with Gasteiger partial charge in [-0.3, -0.25) is 9.69 Å². The number of carbonyl (C=O) groups is 1. The fourth-order valence-electron chi connectivity index (χ4n) is 1.43. The standard InChI is InChI=1S/C12H18ClN3O2/c1-8(16(2)5-6-17)12(18)15-11-7-9(13)3-4-10(11)14/h3-4,7-8,17H,5-6,14H2,1-2H3,(H,15,18). The number of amides is 1. The fourth-order valence-corrected chi connectivity index (χ4v) is 1.60. The van der Waals surface area contributed by atoms with E-state index in [-0.39, 0.29) is 18.6 Å². The zero-order valence-electron chi connectivity index (χ0n) is 10.5. The number of hydrogen-bond acceptors (Lipinski definition) is 4. The lowest BCUT2D eigenvalue weighted by Crippen LogP contribution is -2.41. The number of hydrogen-bond donors (Lipinski definition) is 3. The molecule has 1 amide bonds. The number of rotatable bonds is 5. The number of benzene rings is 1. The van der Waals surface area contributed by atoms with Crippen molar-refractivity contribution in [1.82, 2.24) is 4.90 Å². The first-order valence-electron chi connectivity index (χ1n) is 5.62. The number of nitrogens with zero attached hydrogens (tertiary/aromatic N) is 1. The third kappa shape index (κ3) is 3.87. The van der Waals surface area contributed by atoms with Crippen LogP contribution in [0.4, 0.5) is 11.4 Å². The van der Waals surface area contributed by atoms with Gasteiger partial charge >= 0.3 is 0 Å². The second kappa shape index (κ2) is 6.58. The van der Waals surface area contributed by atoms with Gasteiger partial charge in [0, 0.05) is 11.6 Å². The molecule has 4 N–H and O–H groups in total. The molecule has 0 radical (unpaired) electrons. The Morgan fingerprint density at radius 2 is 2.28 bits per heavy atom. The van der Waals surface area contributed by atoms with Crippen LogP contribution in [0.1, 0.15) is 6.92 Å². The molecule has 1 aromatic rings. The van der Waals surface area contributed by atoms with Crippen LogP contribution in [-0.2, 0) is 4.79 Å². The second-order valence-corrected chi connectivity index (χ2v) is 4.54. The molecule has 1 atom stereocenters. The van der Waals surface area contributed by atoms with Crippen LogP contribution < -0.4 is 11.1 Å². The van der Waals surface area contributed by atoms with Gasteiger partial charge in [0.25, 0.3) is 0 Å². The van der Waals surface area contributed by atoms with Crippen LogP contribution in [-0.4, -0.2) is 42.2 Å². The number of nitrogens with two attached hydrogens (primary N) is 1. The first-order valence-corrected chi connectivity index (χ1v) is 6.00. The van der Waals surface area contributed by atoms with Crippen LogP contribution >= 0.6 is 11.6 Å². The van der Waals surface area contributed by atoms with Gasteiger partial charge in [0.1, 0.15) is 0 Å². The van der Waals surface area contributed by atoms with Crippen molar-refractivity contribution in [2.24, 2.45) is 0 Å². The minimum atomic E-state index is -0.365. The molecule has 0 heterocycles. The highest BCUT2D eigenvalue weighted by atomic mass is 35.5. The van der Waals surface area contributed by atoms with E-state index in [1.807, 2.05) is 0 Å². The predicted molar refractivity (Wildman–Crippen MR) is 73.7 cm³/mol. The molecule has 0 saturated carbocycles. The summed E-state index contributed by atoms with van der Waals surface area (Å²) >= 11 is 5.84. The Kier molecular flexibility index (Phi) is 5.40. The number of halogens is 1. The summed E-state index contributed by atoms with van der Waals surface area (Å²) in [6.45, 7) is 2.19. The van der Waals surface area contributed by atoms with Crippen LogP contribution in [0.3, 0.4) is 0 Å². The number of nitrogens with one attached hydrogen (secondary N) is 1. The summed E-state index contributed by atoms with van der Waals surface area (Å²) in [7, 11) is 1.77. The van der Waals surface area contributed by atoms with Crippen LogP contribution in [0.5, 0.6) is 0 Å². The number of aliphatic hydroxyl groups excluding tert-OH is 1. The van der Waals surface area contributed by atoms with E-state index in [2.05, 4.69) is 5.32 Å². The first kappa shape index (κ1) is 14.8. The maximum atomic E-state index is 12.0. The van der Waals surface area contributed by atoms with Crippen LogP contribution in [0.15, 0.2) is 18.2 Å². The summed E-state index contributed by atoms with van der Waals surface area (Å²) < 4.78 is 0. The molecule has 18 heavy (non-hydrogen) atoms. The van der Waals surface area contributed by atoms with Crippen LogP contribution in [0.2, 0.25) is 5.02 Å². The lowest BCUT2D eigenvalue weighted by Gasteiger charge is -2.23. The number of anilines is 2. The third-order valence-electron chi connectivity index (χ3n) is 2.77. The molecular weight excluding hydrogens is 254 g/mol. The Bertz CT molecular complexity index is 426. The van der Waals surface area contributed by atoms with Gasteiger partial charge in [-0.1, -0.05) is 11.6 Å². The number of carbonyl (C=O) groups excluding carboxylic acids is 1. The Labute approximate surface area is 112 Å². The molecule has 0 spiro atoms. The molecular formula is C12H18ClN3O2. The van der Waals surface area contributed by atoms with Crippen molar-refractivity contribution in [3.8, 4) is 0 Å². The molecule has 5 nitrogen and oxygen atoms in total. The summed E-state index contributed by atoms with van der Waals surface area (Å²) in [6.07, 6.45) is 0. The summed E-state index contributed by atoms with van der Waals surface area (Å²) in [5, 5.41) is 12.1. The van der Waals surface area contributed by atoms with Gasteiger partial charge in [0.05, 0.1) is 24.0 Å². The van der Waals surface area contributed by atoms with Gasteiger partial charge in [0.2, 0.25) is 5.91 Å². The maximum Gasteiger partial charge on any atom is 0.241 e. The van der Waals surface area contributed by atoms with Crippen molar-refractivity contribution in [3.63, 3.8) is 0 Å². The molecule has 1 rings (SSSR count). The van der Waals surface area contributed by atoms with E-state index >= 15 is 0 Å². The molecule has 1 aromatic carbocycles. The van der Waals surface area contributed by atoms with Gasteiger partial charge in [-0.05, 0) is 32.2 Å². The second-order valence-electron chi connectivity index (χ2n) is 4.10. The molecule has 6 heteroatoms. The monoisotopic (exact) mass is 271 g/mol. The van der Waals surface area contributed by atoms with Crippen molar-refractivity contribution in [3.05, 3.63) is 23.2 Å². The van der Waals surface area contributed by atoms with Crippen LogP contribution in [0.25, 0.3) is 0 Å². The van der Waals surface area contributed by atoms with E-state index < -0.39 is 0 Å². The average Bonchev–Trinajstić information content (AvgIpc) is 2.33. The van der Waals surface area contributed by atoms with Gasteiger partial charge in [-0.25, -0.2) is 0 Å². The van der Waals surface area contributed by atoms with Crippen LogP contribution in [0, 0.1) is 0 Å². The predicted octanol–water partition coefficient (Wildman–Crippen LogP) is 1.17. The van der Waals surface area contributed by atoms with Crippen molar-refractivity contribution < 1.29 is 9.90 Å². The minimum Gasteiger partial charge on any atom is -0.397 e. The number of likely N-dealkylation sites (N-methyl/N-ethyl adjacent to an activating group) is 1. The van der Waals surface area contributed by atoms with E-state index in [1.54, 1.807) is 37.1 Å². The molecule has 0 aliphatic heterocycles. The van der Waals surface area contributed by atoms with E-state index in [9.17, 15) is 4.79 Å². The Morgan fingerprint density at radius 3 is 2.89 bits per heavy atom. The molecule has 0 bridgehead atoms. The topological polar surface area (TPSA) is 78.6 Å². The highest BCUT2D eigenvalue weighted by Crippen LogP contribution is 2.23. The fraction of sp³-hybridized carbons (Fsp3) is 0.417. The third-order valence-corrected chi connectivity index (χ3v) is 3.00. The van der Waals surface area contributed by atoms with Crippen molar-refractivity contribution in [1.29, 1.82) is 0 Å². The zero-order valence-corrected chi connectivity index (χ0v) is 11.2. The summed E-state index contributed by atoms with van der Waals surface area (Å²) in [6, 6.07) is 4.54. The smallest absolute Gasteiger partial charge is 0.241 e. The maximum absolute atomic E-state index is 12.0. The van der Waals surface area contributed by atoms with E-state index in [0.717, 1.165) is 0 Å².